The van der Waals surface area contributed by atoms with Crippen LogP contribution in [0, 0.1) is 5.82 Å². The summed E-state index contributed by atoms with van der Waals surface area (Å²) in [6, 6.07) is 6.46. The van der Waals surface area contributed by atoms with E-state index in [4.69, 9.17) is 5.73 Å². The maximum Gasteiger partial charge on any atom is 0.238 e. The third-order valence-electron chi connectivity index (χ3n) is 3.17. The molecule has 0 aliphatic heterocycles. The first kappa shape index (κ1) is 14.0. The summed E-state index contributed by atoms with van der Waals surface area (Å²) in [6.07, 6.45) is 3.19. The van der Waals surface area contributed by atoms with E-state index in [1.165, 1.54) is 12.1 Å². The van der Waals surface area contributed by atoms with Gasteiger partial charge in [0, 0.05) is 18.3 Å². The normalized spacial score (nSPS) is 14.7. The molecular formula is C14H20FN3O. The molecule has 0 radical (unpaired) electrons. The van der Waals surface area contributed by atoms with Crippen LogP contribution in [0.4, 0.5) is 10.1 Å². The van der Waals surface area contributed by atoms with E-state index in [2.05, 4.69) is 10.2 Å². The summed E-state index contributed by atoms with van der Waals surface area (Å²) in [5, 5.41) is 2.72. The Labute approximate surface area is 112 Å². The molecule has 2 rings (SSSR count). The van der Waals surface area contributed by atoms with Crippen LogP contribution in [0.15, 0.2) is 24.3 Å². The van der Waals surface area contributed by atoms with E-state index >= 15 is 0 Å². The fourth-order valence-electron chi connectivity index (χ4n) is 2.08. The molecule has 19 heavy (non-hydrogen) atoms. The van der Waals surface area contributed by atoms with Crippen LogP contribution in [0.25, 0.3) is 0 Å². The summed E-state index contributed by atoms with van der Waals surface area (Å²) in [5.41, 5.74) is 6.00. The van der Waals surface area contributed by atoms with Gasteiger partial charge in [0.1, 0.15) is 5.82 Å². The smallest absolute Gasteiger partial charge is 0.238 e. The molecule has 104 valence electrons. The Balaban J connectivity index is 1.85. The van der Waals surface area contributed by atoms with Crippen molar-refractivity contribution >= 4 is 11.6 Å². The van der Waals surface area contributed by atoms with Crippen LogP contribution in [0.2, 0.25) is 0 Å². The van der Waals surface area contributed by atoms with Crippen molar-refractivity contribution < 1.29 is 9.18 Å². The molecule has 1 fully saturated rings. The number of benzene rings is 1. The van der Waals surface area contributed by atoms with Gasteiger partial charge in [-0.2, -0.15) is 0 Å². The van der Waals surface area contributed by atoms with E-state index in [0.717, 1.165) is 25.8 Å². The van der Waals surface area contributed by atoms with Crippen LogP contribution in [-0.4, -0.2) is 36.5 Å². The Morgan fingerprint density at radius 2 is 2.26 bits per heavy atom. The number of nitrogens with two attached hydrogens (primary N) is 1. The highest BCUT2D eigenvalue weighted by Crippen LogP contribution is 2.26. The predicted octanol–water partition coefficient (Wildman–Crippen LogP) is 1.58. The summed E-state index contributed by atoms with van der Waals surface area (Å²) in [4.78, 5) is 14.1. The molecule has 3 N–H and O–H groups in total. The highest BCUT2D eigenvalue weighted by Gasteiger charge is 2.29. The van der Waals surface area contributed by atoms with Gasteiger partial charge in [0.05, 0.1) is 6.54 Å². The lowest BCUT2D eigenvalue weighted by atomic mass is 10.3. The number of amides is 1. The van der Waals surface area contributed by atoms with Crippen molar-refractivity contribution in [2.24, 2.45) is 5.73 Å². The predicted molar refractivity (Wildman–Crippen MR) is 73.3 cm³/mol. The van der Waals surface area contributed by atoms with Crippen molar-refractivity contribution in [3.63, 3.8) is 0 Å². The Morgan fingerprint density at radius 1 is 1.47 bits per heavy atom. The second kappa shape index (κ2) is 6.63. The molecule has 0 heterocycles. The van der Waals surface area contributed by atoms with Crippen molar-refractivity contribution in [3.05, 3.63) is 30.1 Å². The SMILES string of the molecule is NCCCN(CC(=O)Nc1cccc(F)c1)C1CC1. The first-order valence-electron chi connectivity index (χ1n) is 6.68. The van der Waals surface area contributed by atoms with Crippen molar-refractivity contribution in [1.29, 1.82) is 0 Å². The zero-order valence-electron chi connectivity index (χ0n) is 10.9. The molecule has 0 saturated heterocycles. The number of halogens is 1. The quantitative estimate of drug-likeness (QED) is 0.787. The molecule has 1 aliphatic rings. The Kier molecular flexibility index (Phi) is 4.87. The number of hydrogen-bond acceptors (Lipinski definition) is 3. The molecule has 0 spiro atoms. The maximum absolute atomic E-state index is 13.0. The molecule has 4 nitrogen and oxygen atoms in total. The number of nitrogens with one attached hydrogen (secondary N) is 1. The molecular weight excluding hydrogens is 245 g/mol. The van der Waals surface area contributed by atoms with E-state index in [0.29, 0.717) is 24.8 Å². The minimum atomic E-state index is -0.347. The first-order chi connectivity index (χ1) is 9.19. The van der Waals surface area contributed by atoms with Gasteiger partial charge in [-0.25, -0.2) is 4.39 Å². The Hall–Kier alpha value is -1.46. The lowest BCUT2D eigenvalue weighted by molar-refractivity contribution is -0.117. The Morgan fingerprint density at radius 3 is 2.89 bits per heavy atom. The molecule has 0 unspecified atom stereocenters. The maximum atomic E-state index is 13.0. The summed E-state index contributed by atoms with van der Waals surface area (Å²) < 4.78 is 13.0. The van der Waals surface area contributed by atoms with Gasteiger partial charge in [0.15, 0.2) is 0 Å². The van der Waals surface area contributed by atoms with Gasteiger partial charge >= 0.3 is 0 Å². The first-order valence-corrected chi connectivity index (χ1v) is 6.68. The van der Waals surface area contributed by atoms with Crippen molar-refractivity contribution in [1.82, 2.24) is 4.90 Å². The monoisotopic (exact) mass is 265 g/mol. The molecule has 0 bridgehead atoms. The van der Waals surface area contributed by atoms with Gasteiger partial charge in [-0.05, 0) is 44.0 Å². The van der Waals surface area contributed by atoms with Crippen LogP contribution in [0.5, 0.6) is 0 Å². The summed E-state index contributed by atoms with van der Waals surface area (Å²) in [6.45, 7) is 1.83. The summed E-state index contributed by atoms with van der Waals surface area (Å²) in [5.74, 6) is -0.450. The van der Waals surface area contributed by atoms with E-state index < -0.39 is 0 Å². The lowest BCUT2D eigenvalue weighted by Gasteiger charge is -2.20. The second-order valence-corrected chi connectivity index (χ2v) is 4.90. The minimum Gasteiger partial charge on any atom is -0.330 e. The highest BCUT2D eigenvalue weighted by atomic mass is 19.1. The van der Waals surface area contributed by atoms with E-state index in [1.807, 2.05) is 0 Å². The van der Waals surface area contributed by atoms with Gasteiger partial charge in [-0.15, -0.1) is 0 Å². The highest BCUT2D eigenvalue weighted by molar-refractivity contribution is 5.92. The molecule has 5 heteroatoms. The average molecular weight is 265 g/mol. The number of hydrogen-bond donors (Lipinski definition) is 2. The number of anilines is 1. The van der Waals surface area contributed by atoms with E-state index in [1.54, 1.807) is 12.1 Å². The van der Waals surface area contributed by atoms with Gasteiger partial charge in [-0.3, -0.25) is 9.69 Å². The number of rotatable bonds is 7. The third kappa shape index (κ3) is 4.61. The molecule has 1 aromatic rings. The molecule has 0 aromatic heterocycles. The average Bonchev–Trinajstić information content (AvgIpc) is 3.18. The third-order valence-corrected chi connectivity index (χ3v) is 3.17. The minimum absolute atomic E-state index is 0.102. The zero-order chi connectivity index (χ0) is 13.7. The number of carbonyl (C=O) groups is 1. The van der Waals surface area contributed by atoms with E-state index in [9.17, 15) is 9.18 Å². The van der Waals surface area contributed by atoms with Crippen LogP contribution >= 0.6 is 0 Å². The van der Waals surface area contributed by atoms with Crippen LogP contribution < -0.4 is 11.1 Å². The van der Waals surface area contributed by atoms with Crippen LogP contribution in [0.1, 0.15) is 19.3 Å². The summed E-state index contributed by atoms with van der Waals surface area (Å²) >= 11 is 0. The van der Waals surface area contributed by atoms with Gasteiger partial charge < -0.3 is 11.1 Å². The molecule has 0 atom stereocenters. The van der Waals surface area contributed by atoms with Crippen molar-refractivity contribution in [2.75, 3.05) is 25.0 Å². The molecule has 1 amide bonds. The van der Waals surface area contributed by atoms with Crippen molar-refractivity contribution in [2.45, 2.75) is 25.3 Å². The fourth-order valence-corrected chi connectivity index (χ4v) is 2.08. The van der Waals surface area contributed by atoms with Crippen molar-refractivity contribution in [3.8, 4) is 0 Å². The molecule has 1 saturated carbocycles. The summed E-state index contributed by atoms with van der Waals surface area (Å²) in [7, 11) is 0. The van der Waals surface area contributed by atoms with Gasteiger partial charge in [0.2, 0.25) is 5.91 Å². The lowest BCUT2D eigenvalue weighted by Crippen LogP contribution is -2.36. The zero-order valence-corrected chi connectivity index (χ0v) is 10.9. The van der Waals surface area contributed by atoms with E-state index in [-0.39, 0.29) is 11.7 Å². The molecule has 1 aliphatic carbocycles. The fraction of sp³-hybridized carbons (Fsp3) is 0.500. The van der Waals surface area contributed by atoms with Crippen LogP contribution in [-0.2, 0) is 4.79 Å². The largest absolute Gasteiger partial charge is 0.330 e. The van der Waals surface area contributed by atoms with Gasteiger partial charge in [0.25, 0.3) is 0 Å². The second-order valence-electron chi connectivity index (χ2n) is 4.90. The molecule has 1 aromatic carbocycles. The number of nitrogens with zero attached hydrogens (tertiary/aromatic N) is 1. The van der Waals surface area contributed by atoms with Gasteiger partial charge in [-0.1, -0.05) is 6.07 Å². The standard InChI is InChI=1S/C14H20FN3O/c15-11-3-1-4-12(9-11)17-14(19)10-18(8-2-7-16)13-5-6-13/h1,3-4,9,13H,2,5-8,10,16H2,(H,17,19). The Bertz CT molecular complexity index is 434. The number of carbonyl (C=O) groups excluding carboxylic acids is 1. The topological polar surface area (TPSA) is 58.4 Å². The van der Waals surface area contributed by atoms with Crippen LogP contribution in [0.3, 0.4) is 0 Å².